The van der Waals surface area contributed by atoms with Gasteiger partial charge in [0.1, 0.15) is 12.2 Å². The van der Waals surface area contributed by atoms with Crippen LogP contribution in [0.5, 0.6) is 0 Å². The lowest BCUT2D eigenvalue weighted by Gasteiger charge is -2.24. The summed E-state index contributed by atoms with van der Waals surface area (Å²) < 4.78 is 25.0. The van der Waals surface area contributed by atoms with E-state index in [2.05, 4.69) is 24.3 Å². The summed E-state index contributed by atoms with van der Waals surface area (Å²) in [7, 11) is 0. The average molecular weight is 332 g/mol. The first-order valence-corrected chi connectivity index (χ1v) is 9.82. The molecule has 8 unspecified atom stereocenters. The van der Waals surface area contributed by atoms with Crippen LogP contribution in [0.15, 0.2) is 24.3 Å². The van der Waals surface area contributed by atoms with Gasteiger partial charge in [-0.15, -0.1) is 0 Å². The quantitative estimate of drug-likeness (QED) is 0.638. The zero-order valence-corrected chi connectivity index (χ0v) is 14.2. The second-order valence-electron chi connectivity index (χ2n) is 7.95. The van der Waals surface area contributed by atoms with Crippen LogP contribution in [0, 0.1) is 0 Å². The number of ether oxygens (including phenoxy) is 4. The molecule has 0 saturated carbocycles. The monoisotopic (exact) mass is 332 g/mol. The van der Waals surface area contributed by atoms with Gasteiger partial charge < -0.3 is 18.9 Å². The third-order valence-electron chi connectivity index (χ3n) is 6.25. The molecule has 0 aromatic rings. The minimum atomic E-state index is 0.150. The van der Waals surface area contributed by atoms with E-state index in [-0.39, 0.29) is 36.6 Å². The van der Waals surface area contributed by atoms with Gasteiger partial charge in [0.15, 0.2) is 0 Å². The molecular weight excluding hydrogens is 304 g/mol. The predicted octanol–water partition coefficient (Wildman–Crippen LogP) is 3.30. The summed E-state index contributed by atoms with van der Waals surface area (Å²) >= 11 is 0. The van der Waals surface area contributed by atoms with Crippen molar-refractivity contribution < 1.29 is 18.9 Å². The Balaban J connectivity index is 1.28. The molecule has 5 heterocycles. The molecule has 0 aliphatic carbocycles. The van der Waals surface area contributed by atoms with Gasteiger partial charge in [0.05, 0.1) is 36.6 Å². The van der Waals surface area contributed by atoms with Gasteiger partial charge in [0, 0.05) is 0 Å². The largest absolute Gasteiger partial charge is 0.372 e. The smallest absolute Gasteiger partial charge is 0.103 e. The Kier molecular flexibility index (Phi) is 4.26. The number of hydrogen-bond donors (Lipinski definition) is 0. The van der Waals surface area contributed by atoms with Gasteiger partial charge in [-0.25, -0.2) is 0 Å². The maximum atomic E-state index is 6.27. The second-order valence-corrected chi connectivity index (χ2v) is 7.95. The van der Waals surface area contributed by atoms with Gasteiger partial charge in [-0.1, -0.05) is 24.3 Å². The summed E-state index contributed by atoms with van der Waals surface area (Å²) in [5.74, 6) is 0. The van der Waals surface area contributed by atoms with Crippen LogP contribution in [0.1, 0.15) is 51.4 Å². The summed E-state index contributed by atoms with van der Waals surface area (Å²) in [6.45, 7) is 0. The first-order chi connectivity index (χ1) is 11.8. The van der Waals surface area contributed by atoms with Gasteiger partial charge in [-0.05, 0) is 51.4 Å². The van der Waals surface area contributed by atoms with E-state index in [1.807, 2.05) is 0 Å². The molecular formula is C20H28O4. The SMILES string of the molecule is C1=CC2OC1CCC1CCC(O1)C1C=CC(CCC3CCC2O3)O1. The fraction of sp³-hybridized carbons (Fsp3) is 0.800. The zero-order chi connectivity index (χ0) is 15.9. The molecule has 5 rings (SSSR count). The molecule has 0 aromatic carbocycles. The third kappa shape index (κ3) is 3.10. The average Bonchev–Trinajstić information content (AvgIpc) is 3.37. The summed E-state index contributed by atoms with van der Waals surface area (Å²) in [5, 5.41) is 0. The zero-order valence-electron chi connectivity index (χ0n) is 14.2. The normalized spacial score (nSPS) is 50.7. The minimum absolute atomic E-state index is 0.150. The van der Waals surface area contributed by atoms with Crippen LogP contribution in [0.2, 0.25) is 0 Å². The standard InChI is InChI=1S/C20H28O4/c1-2-14-6-10-19(22-14)20-12-8-16(24-20)4-3-15-7-11-18(23-15)17-9-5-13(1)21-17/h5,8-9,12-20H,1-4,6-7,10-11H2. The Morgan fingerprint density at radius 3 is 1.42 bits per heavy atom. The molecule has 4 nitrogen and oxygen atoms in total. The Labute approximate surface area is 144 Å². The van der Waals surface area contributed by atoms with Crippen molar-refractivity contribution in [3.05, 3.63) is 24.3 Å². The van der Waals surface area contributed by atoms with Crippen LogP contribution in [0.25, 0.3) is 0 Å². The van der Waals surface area contributed by atoms with E-state index in [9.17, 15) is 0 Å². The van der Waals surface area contributed by atoms with E-state index >= 15 is 0 Å². The second kappa shape index (κ2) is 6.56. The van der Waals surface area contributed by atoms with Crippen molar-refractivity contribution in [2.24, 2.45) is 0 Å². The highest BCUT2D eigenvalue weighted by atomic mass is 16.6. The van der Waals surface area contributed by atoms with Gasteiger partial charge >= 0.3 is 0 Å². The Bertz CT molecular complexity index is 470. The van der Waals surface area contributed by atoms with Crippen LogP contribution in [-0.4, -0.2) is 48.8 Å². The first-order valence-electron chi connectivity index (χ1n) is 9.82. The van der Waals surface area contributed by atoms with Crippen molar-refractivity contribution >= 4 is 0 Å². The summed E-state index contributed by atoms with van der Waals surface area (Å²) in [5.41, 5.74) is 0. The van der Waals surface area contributed by atoms with Crippen LogP contribution in [0.3, 0.4) is 0 Å². The highest BCUT2D eigenvalue weighted by Crippen LogP contribution is 2.35. The maximum absolute atomic E-state index is 6.27. The number of rotatable bonds is 0. The number of hydrogen-bond acceptors (Lipinski definition) is 4. The highest BCUT2D eigenvalue weighted by Gasteiger charge is 2.38. The molecule has 3 fully saturated rings. The van der Waals surface area contributed by atoms with E-state index in [4.69, 9.17) is 18.9 Å². The first kappa shape index (κ1) is 15.6. The minimum Gasteiger partial charge on any atom is -0.372 e. The molecule has 0 spiro atoms. The van der Waals surface area contributed by atoms with E-state index in [1.54, 1.807) is 0 Å². The molecule has 24 heavy (non-hydrogen) atoms. The highest BCUT2D eigenvalue weighted by molar-refractivity contribution is 5.08. The molecule has 5 aliphatic heterocycles. The van der Waals surface area contributed by atoms with Crippen molar-refractivity contribution in [2.75, 3.05) is 0 Å². The van der Waals surface area contributed by atoms with Crippen LogP contribution < -0.4 is 0 Å². The van der Waals surface area contributed by atoms with Gasteiger partial charge in [-0.2, -0.15) is 0 Å². The van der Waals surface area contributed by atoms with Crippen molar-refractivity contribution in [1.29, 1.82) is 0 Å². The molecule has 8 atom stereocenters. The molecule has 0 amide bonds. The van der Waals surface area contributed by atoms with E-state index in [1.165, 1.54) is 0 Å². The van der Waals surface area contributed by atoms with Crippen molar-refractivity contribution in [1.82, 2.24) is 0 Å². The fourth-order valence-electron chi connectivity index (χ4n) is 4.88. The number of fused-ring (bicyclic) bond motifs is 10. The van der Waals surface area contributed by atoms with Crippen LogP contribution in [-0.2, 0) is 18.9 Å². The van der Waals surface area contributed by atoms with E-state index in [0.717, 1.165) is 51.4 Å². The molecule has 3 saturated heterocycles. The van der Waals surface area contributed by atoms with E-state index < -0.39 is 0 Å². The summed E-state index contributed by atoms with van der Waals surface area (Å²) in [6, 6.07) is 0. The molecule has 0 N–H and O–H groups in total. The lowest BCUT2D eigenvalue weighted by Crippen LogP contribution is -2.29. The topological polar surface area (TPSA) is 36.9 Å². The Hall–Kier alpha value is -0.680. The third-order valence-corrected chi connectivity index (χ3v) is 6.25. The fourth-order valence-corrected chi connectivity index (χ4v) is 4.88. The van der Waals surface area contributed by atoms with Gasteiger partial charge in [-0.3, -0.25) is 0 Å². The summed E-state index contributed by atoms with van der Waals surface area (Å²) in [6.07, 6.45) is 19.7. The predicted molar refractivity (Wildman–Crippen MR) is 89.9 cm³/mol. The van der Waals surface area contributed by atoms with Gasteiger partial charge in [0.25, 0.3) is 0 Å². The molecule has 5 aliphatic rings. The van der Waals surface area contributed by atoms with Crippen molar-refractivity contribution in [2.45, 2.75) is 100 Å². The molecule has 0 radical (unpaired) electrons. The lowest BCUT2D eigenvalue weighted by atomic mass is 10.1. The van der Waals surface area contributed by atoms with Gasteiger partial charge in [0.2, 0.25) is 0 Å². The van der Waals surface area contributed by atoms with Crippen LogP contribution >= 0.6 is 0 Å². The molecule has 132 valence electrons. The molecule has 0 aromatic heterocycles. The lowest BCUT2D eigenvalue weighted by molar-refractivity contribution is -0.0792. The Morgan fingerprint density at radius 1 is 0.458 bits per heavy atom. The summed E-state index contributed by atoms with van der Waals surface area (Å²) in [4.78, 5) is 0. The van der Waals surface area contributed by atoms with Crippen molar-refractivity contribution in [3.8, 4) is 0 Å². The van der Waals surface area contributed by atoms with Crippen LogP contribution in [0.4, 0.5) is 0 Å². The maximum Gasteiger partial charge on any atom is 0.103 e. The Morgan fingerprint density at radius 2 is 0.917 bits per heavy atom. The molecule has 8 bridgehead atoms. The van der Waals surface area contributed by atoms with Crippen molar-refractivity contribution in [3.63, 3.8) is 0 Å². The van der Waals surface area contributed by atoms with E-state index in [0.29, 0.717) is 12.2 Å². The molecule has 4 heteroatoms.